The summed E-state index contributed by atoms with van der Waals surface area (Å²) in [6, 6.07) is 5.67. The number of nitrogens with zero attached hydrogens (tertiary/aromatic N) is 1. The first-order chi connectivity index (χ1) is 9.82. The summed E-state index contributed by atoms with van der Waals surface area (Å²) in [7, 11) is 0. The van der Waals surface area contributed by atoms with Gasteiger partial charge in [0.05, 0.1) is 12.2 Å². The number of rotatable bonds is 4. The number of nitrogens with two attached hydrogens (primary N) is 2. The van der Waals surface area contributed by atoms with E-state index in [0.29, 0.717) is 10.6 Å². The van der Waals surface area contributed by atoms with E-state index in [2.05, 4.69) is 0 Å². The summed E-state index contributed by atoms with van der Waals surface area (Å²) >= 11 is 1.36. The Hall–Kier alpha value is -2.08. The van der Waals surface area contributed by atoms with Crippen molar-refractivity contribution in [2.75, 3.05) is 12.3 Å². The van der Waals surface area contributed by atoms with Crippen LogP contribution in [-0.4, -0.2) is 29.3 Å². The topological polar surface area (TPSA) is 89.4 Å². The highest BCUT2D eigenvalue weighted by atomic mass is 32.1. The van der Waals surface area contributed by atoms with Crippen LogP contribution in [0.25, 0.3) is 10.1 Å². The number of primary amides is 1. The maximum atomic E-state index is 12.7. The molecule has 21 heavy (non-hydrogen) atoms. The molecule has 0 aliphatic carbocycles. The normalized spacial score (nSPS) is 11.0. The number of hydrogen-bond acceptors (Lipinski definition) is 4. The molecule has 0 atom stereocenters. The third-order valence-electron chi connectivity index (χ3n) is 3.36. The van der Waals surface area contributed by atoms with Crippen molar-refractivity contribution in [1.82, 2.24) is 4.90 Å². The van der Waals surface area contributed by atoms with Gasteiger partial charge in [0, 0.05) is 16.1 Å². The molecule has 4 N–H and O–H groups in total. The maximum absolute atomic E-state index is 12.7. The molecule has 0 unspecified atom stereocenters. The molecular formula is C15H19N3O2S. The third kappa shape index (κ3) is 2.85. The minimum absolute atomic E-state index is 0.108. The molecule has 0 spiro atoms. The van der Waals surface area contributed by atoms with Gasteiger partial charge in [-0.3, -0.25) is 9.59 Å². The predicted molar refractivity (Wildman–Crippen MR) is 86.3 cm³/mol. The van der Waals surface area contributed by atoms with Crippen LogP contribution in [0.5, 0.6) is 0 Å². The van der Waals surface area contributed by atoms with Crippen LogP contribution in [0.4, 0.5) is 5.69 Å². The van der Waals surface area contributed by atoms with E-state index < -0.39 is 5.91 Å². The van der Waals surface area contributed by atoms with Gasteiger partial charge in [-0.15, -0.1) is 11.3 Å². The maximum Gasteiger partial charge on any atom is 0.266 e. The van der Waals surface area contributed by atoms with Crippen molar-refractivity contribution in [2.45, 2.75) is 26.8 Å². The fourth-order valence-electron chi connectivity index (χ4n) is 2.23. The van der Waals surface area contributed by atoms with E-state index in [4.69, 9.17) is 11.5 Å². The quantitative estimate of drug-likeness (QED) is 0.906. The first kappa shape index (κ1) is 15.3. The highest BCUT2D eigenvalue weighted by molar-refractivity contribution is 7.21. The zero-order valence-electron chi connectivity index (χ0n) is 12.3. The van der Waals surface area contributed by atoms with Gasteiger partial charge in [-0.2, -0.15) is 0 Å². The van der Waals surface area contributed by atoms with E-state index in [9.17, 15) is 9.59 Å². The van der Waals surface area contributed by atoms with Gasteiger partial charge in [-0.25, -0.2) is 0 Å². The van der Waals surface area contributed by atoms with E-state index >= 15 is 0 Å². The number of hydrogen-bond donors (Lipinski definition) is 2. The van der Waals surface area contributed by atoms with Gasteiger partial charge in [0.25, 0.3) is 5.91 Å². The Kier molecular flexibility index (Phi) is 4.18. The molecule has 0 radical (unpaired) electrons. The molecule has 2 aromatic rings. The fourth-order valence-corrected chi connectivity index (χ4v) is 3.37. The SMILES string of the molecule is Cc1cccc2c(N)c(C(=O)N(CC(N)=O)C(C)C)sc12. The monoisotopic (exact) mass is 305 g/mol. The van der Waals surface area contributed by atoms with Crippen molar-refractivity contribution >= 4 is 38.9 Å². The van der Waals surface area contributed by atoms with Crippen molar-refractivity contribution < 1.29 is 9.59 Å². The average Bonchev–Trinajstić information content (AvgIpc) is 2.74. The summed E-state index contributed by atoms with van der Waals surface area (Å²) in [4.78, 5) is 25.7. The molecular weight excluding hydrogens is 286 g/mol. The van der Waals surface area contributed by atoms with Crippen molar-refractivity contribution in [3.8, 4) is 0 Å². The largest absolute Gasteiger partial charge is 0.397 e. The Balaban J connectivity index is 2.49. The van der Waals surface area contributed by atoms with Crippen LogP contribution in [0.3, 0.4) is 0 Å². The van der Waals surface area contributed by atoms with Crippen LogP contribution in [0, 0.1) is 6.92 Å². The molecule has 1 aromatic carbocycles. The molecule has 1 heterocycles. The highest BCUT2D eigenvalue weighted by Gasteiger charge is 2.25. The number of thiophene rings is 1. The second-order valence-electron chi connectivity index (χ2n) is 5.29. The van der Waals surface area contributed by atoms with Crippen LogP contribution >= 0.6 is 11.3 Å². The molecule has 0 fully saturated rings. The van der Waals surface area contributed by atoms with Gasteiger partial charge < -0.3 is 16.4 Å². The first-order valence-corrected chi connectivity index (χ1v) is 7.51. The van der Waals surface area contributed by atoms with Gasteiger partial charge >= 0.3 is 0 Å². The van der Waals surface area contributed by atoms with Gasteiger partial charge in [-0.05, 0) is 26.3 Å². The van der Waals surface area contributed by atoms with Crippen molar-refractivity contribution in [2.24, 2.45) is 5.73 Å². The summed E-state index contributed by atoms with van der Waals surface area (Å²) in [5.74, 6) is -0.783. The van der Waals surface area contributed by atoms with Gasteiger partial charge in [-0.1, -0.05) is 18.2 Å². The van der Waals surface area contributed by atoms with Crippen molar-refractivity contribution in [3.05, 3.63) is 28.6 Å². The molecule has 2 amide bonds. The van der Waals surface area contributed by atoms with Crippen LogP contribution in [-0.2, 0) is 4.79 Å². The predicted octanol–water partition coefficient (Wildman–Crippen LogP) is 2.13. The molecule has 0 saturated carbocycles. The number of fused-ring (bicyclic) bond motifs is 1. The first-order valence-electron chi connectivity index (χ1n) is 6.69. The number of carbonyl (C=O) groups is 2. The lowest BCUT2D eigenvalue weighted by Crippen LogP contribution is -2.42. The van der Waals surface area contributed by atoms with E-state index in [1.54, 1.807) is 0 Å². The molecule has 0 aliphatic heterocycles. The molecule has 0 bridgehead atoms. The molecule has 2 rings (SSSR count). The average molecular weight is 305 g/mol. The molecule has 0 aliphatic rings. The standard InChI is InChI=1S/C15H19N3O2S/c1-8(2)18(7-11(16)19)15(20)14-12(17)10-6-4-5-9(3)13(10)21-14/h4-6,8H,7,17H2,1-3H3,(H2,16,19). The number of anilines is 1. The van der Waals surface area contributed by atoms with Gasteiger partial charge in [0.15, 0.2) is 0 Å². The Morgan fingerprint density at radius 1 is 1.33 bits per heavy atom. The fraction of sp³-hybridized carbons (Fsp3) is 0.333. The lowest BCUT2D eigenvalue weighted by molar-refractivity contribution is -0.119. The summed E-state index contributed by atoms with van der Waals surface area (Å²) < 4.78 is 1.00. The minimum Gasteiger partial charge on any atom is -0.397 e. The molecule has 6 heteroatoms. The molecule has 1 aromatic heterocycles. The van der Waals surface area contributed by atoms with Gasteiger partial charge in [0.1, 0.15) is 4.88 Å². The zero-order valence-corrected chi connectivity index (χ0v) is 13.2. The number of carbonyl (C=O) groups excluding carboxylic acids is 2. The van der Waals surface area contributed by atoms with E-state index in [1.807, 2.05) is 39.0 Å². The lowest BCUT2D eigenvalue weighted by Gasteiger charge is -2.24. The second kappa shape index (κ2) is 5.73. The smallest absolute Gasteiger partial charge is 0.266 e. The third-order valence-corrected chi connectivity index (χ3v) is 4.70. The van der Waals surface area contributed by atoms with Crippen LogP contribution in [0.2, 0.25) is 0 Å². The second-order valence-corrected chi connectivity index (χ2v) is 6.31. The number of aryl methyl sites for hydroxylation is 1. The Labute approximate surface area is 127 Å². The zero-order chi connectivity index (χ0) is 15.7. The van der Waals surface area contributed by atoms with Crippen LogP contribution < -0.4 is 11.5 Å². The number of nitrogen functional groups attached to an aromatic ring is 1. The summed E-state index contributed by atoms with van der Waals surface area (Å²) in [6.45, 7) is 5.56. The Morgan fingerprint density at radius 2 is 2.00 bits per heavy atom. The van der Waals surface area contributed by atoms with E-state index in [-0.39, 0.29) is 18.5 Å². The Bertz CT molecular complexity index is 706. The highest BCUT2D eigenvalue weighted by Crippen LogP contribution is 2.36. The van der Waals surface area contributed by atoms with Crippen molar-refractivity contribution in [3.63, 3.8) is 0 Å². The molecule has 0 saturated heterocycles. The molecule has 5 nitrogen and oxygen atoms in total. The Morgan fingerprint density at radius 3 is 2.52 bits per heavy atom. The summed E-state index contributed by atoms with van der Waals surface area (Å²) in [5.41, 5.74) is 12.9. The summed E-state index contributed by atoms with van der Waals surface area (Å²) in [5, 5.41) is 0.881. The summed E-state index contributed by atoms with van der Waals surface area (Å²) in [6.07, 6.45) is 0. The lowest BCUT2D eigenvalue weighted by atomic mass is 10.1. The van der Waals surface area contributed by atoms with Crippen LogP contribution in [0.1, 0.15) is 29.1 Å². The van der Waals surface area contributed by atoms with Crippen LogP contribution in [0.15, 0.2) is 18.2 Å². The van der Waals surface area contributed by atoms with Crippen molar-refractivity contribution in [1.29, 1.82) is 0 Å². The number of amides is 2. The minimum atomic E-state index is -0.534. The van der Waals surface area contributed by atoms with E-state index in [1.165, 1.54) is 16.2 Å². The van der Waals surface area contributed by atoms with E-state index in [0.717, 1.165) is 15.6 Å². The molecule has 112 valence electrons. The number of benzene rings is 1. The van der Waals surface area contributed by atoms with Gasteiger partial charge in [0.2, 0.25) is 5.91 Å².